The quantitative estimate of drug-likeness (QED) is 0.553. The maximum absolute atomic E-state index is 12.7. The number of methoxy groups -OCH3 is 1. The van der Waals surface area contributed by atoms with Crippen molar-refractivity contribution in [3.05, 3.63) is 54.1 Å². The lowest BCUT2D eigenvalue weighted by Crippen LogP contribution is -2.30. The largest absolute Gasteiger partial charge is 0.497 e. The fourth-order valence-corrected chi connectivity index (χ4v) is 4.14. The van der Waals surface area contributed by atoms with Gasteiger partial charge < -0.3 is 9.47 Å². The second kappa shape index (κ2) is 8.07. The minimum absolute atomic E-state index is 0.0958. The Morgan fingerprint density at radius 3 is 2.24 bits per heavy atom. The Hall–Kier alpha value is -3.15. The number of ketones is 1. The minimum atomic E-state index is -0.173. The number of imide groups is 1. The Morgan fingerprint density at radius 2 is 1.62 bits per heavy atom. The topological polar surface area (TPSA) is 72.9 Å². The molecule has 2 amide bonds. The molecule has 1 aliphatic carbocycles. The molecule has 0 radical (unpaired) electrons. The van der Waals surface area contributed by atoms with E-state index in [4.69, 9.17) is 9.47 Å². The van der Waals surface area contributed by atoms with Gasteiger partial charge in [0.05, 0.1) is 24.6 Å². The van der Waals surface area contributed by atoms with Gasteiger partial charge >= 0.3 is 0 Å². The Bertz CT molecular complexity index is 913. The van der Waals surface area contributed by atoms with Crippen LogP contribution in [-0.4, -0.2) is 31.3 Å². The summed E-state index contributed by atoms with van der Waals surface area (Å²) in [6.45, 7) is -0.113. The number of benzene rings is 2. The number of hydrogen-bond acceptors (Lipinski definition) is 5. The van der Waals surface area contributed by atoms with Crippen molar-refractivity contribution in [1.29, 1.82) is 0 Å². The van der Waals surface area contributed by atoms with Gasteiger partial charge in [0.15, 0.2) is 12.4 Å². The minimum Gasteiger partial charge on any atom is -0.497 e. The molecule has 0 bridgehead atoms. The van der Waals surface area contributed by atoms with Gasteiger partial charge in [-0.25, -0.2) is 0 Å². The molecule has 0 spiro atoms. The zero-order valence-corrected chi connectivity index (χ0v) is 16.3. The van der Waals surface area contributed by atoms with Gasteiger partial charge in [0, 0.05) is 5.56 Å². The number of ether oxygens (including phenoxy) is 2. The van der Waals surface area contributed by atoms with Crippen molar-refractivity contribution in [3.8, 4) is 11.5 Å². The summed E-state index contributed by atoms with van der Waals surface area (Å²) < 4.78 is 10.7. The first kappa shape index (κ1) is 19.2. The average Bonchev–Trinajstić information content (AvgIpc) is 3.03. The van der Waals surface area contributed by atoms with Crippen molar-refractivity contribution >= 4 is 23.3 Å². The van der Waals surface area contributed by atoms with Crippen molar-refractivity contribution in [1.82, 2.24) is 0 Å². The van der Waals surface area contributed by atoms with Gasteiger partial charge in [0.1, 0.15) is 11.5 Å². The summed E-state index contributed by atoms with van der Waals surface area (Å²) in [5.74, 6) is 0.410. The number of hydrogen-bond donors (Lipinski definition) is 0. The van der Waals surface area contributed by atoms with E-state index in [-0.39, 0.29) is 36.0 Å². The second-order valence-corrected chi connectivity index (χ2v) is 7.45. The molecular formula is C23H23NO5. The number of nitrogens with zero attached hydrogens (tertiary/aromatic N) is 1. The normalized spacial score (nSPS) is 21.1. The summed E-state index contributed by atoms with van der Waals surface area (Å²) in [7, 11) is 1.55. The first-order valence-corrected chi connectivity index (χ1v) is 9.86. The Kier molecular flexibility index (Phi) is 5.34. The van der Waals surface area contributed by atoms with Crippen LogP contribution in [0.5, 0.6) is 11.5 Å². The number of carbonyl (C=O) groups is 3. The monoisotopic (exact) mass is 393 g/mol. The van der Waals surface area contributed by atoms with E-state index < -0.39 is 0 Å². The van der Waals surface area contributed by atoms with E-state index in [0.29, 0.717) is 22.7 Å². The number of carbonyl (C=O) groups excluding carboxylic acids is 3. The van der Waals surface area contributed by atoms with E-state index in [9.17, 15) is 14.4 Å². The predicted octanol–water partition coefficient (Wildman–Crippen LogP) is 3.64. The molecule has 2 fully saturated rings. The fourth-order valence-electron chi connectivity index (χ4n) is 4.14. The van der Waals surface area contributed by atoms with E-state index in [1.54, 1.807) is 55.6 Å². The van der Waals surface area contributed by atoms with Gasteiger partial charge in [-0.3, -0.25) is 19.3 Å². The molecule has 1 saturated carbocycles. The van der Waals surface area contributed by atoms with E-state index in [1.807, 2.05) is 0 Å². The SMILES string of the molecule is COc1cccc(C(=O)COc2ccc(N3C(=O)[C@H]4CCCC[C@@H]4C3=O)cc2)c1. The molecule has 6 nitrogen and oxygen atoms in total. The highest BCUT2D eigenvalue weighted by Crippen LogP contribution is 2.40. The average molecular weight is 393 g/mol. The van der Waals surface area contributed by atoms with Crippen molar-refractivity contribution in [2.75, 3.05) is 18.6 Å². The molecule has 150 valence electrons. The maximum atomic E-state index is 12.7. The van der Waals surface area contributed by atoms with Crippen molar-refractivity contribution in [3.63, 3.8) is 0 Å². The molecule has 2 aromatic rings. The number of rotatable bonds is 6. The molecule has 6 heteroatoms. The Labute approximate surface area is 169 Å². The molecule has 2 aliphatic rings. The summed E-state index contributed by atoms with van der Waals surface area (Å²) in [6, 6.07) is 13.6. The molecule has 1 heterocycles. The number of fused-ring (bicyclic) bond motifs is 1. The van der Waals surface area contributed by atoms with E-state index in [0.717, 1.165) is 25.7 Å². The van der Waals surface area contributed by atoms with E-state index in [1.165, 1.54) is 4.90 Å². The maximum Gasteiger partial charge on any atom is 0.237 e. The first-order chi connectivity index (χ1) is 14.1. The van der Waals surface area contributed by atoms with Crippen molar-refractivity contribution in [2.24, 2.45) is 11.8 Å². The highest BCUT2D eigenvalue weighted by molar-refractivity contribution is 6.22. The zero-order valence-electron chi connectivity index (χ0n) is 16.3. The van der Waals surface area contributed by atoms with Crippen LogP contribution in [0.1, 0.15) is 36.0 Å². The van der Waals surface area contributed by atoms with Gasteiger partial charge in [0.25, 0.3) is 0 Å². The molecule has 1 aliphatic heterocycles. The molecule has 0 N–H and O–H groups in total. The Balaban J connectivity index is 1.41. The van der Waals surface area contributed by atoms with Crippen LogP contribution < -0.4 is 14.4 Å². The number of amides is 2. The molecule has 2 atom stereocenters. The highest BCUT2D eigenvalue weighted by Gasteiger charge is 2.48. The van der Waals surface area contributed by atoms with Crippen LogP contribution in [0.4, 0.5) is 5.69 Å². The summed E-state index contributed by atoms with van der Waals surface area (Å²) in [4.78, 5) is 39.0. The standard InChI is InChI=1S/C23H23NO5/c1-28-18-6-4-5-15(13-18)21(25)14-29-17-11-9-16(10-12-17)24-22(26)19-7-2-3-8-20(19)23(24)27/h4-6,9-13,19-20H,2-3,7-8,14H2,1H3/t19-,20-/m0/s1. The van der Waals surface area contributed by atoms with Crippen LogP contribution in [-0.2, 0) is 9.59 Å². The van der Waals surface area contributed by atoms with Gasteiger partial charge in [0.2, 0.25) is 11.8 Å². The van der Waals surface area contributed by atoms with E-state index >= 15 is 0 Å². The molecule has 1 saturated heterocycles. The van der Waals surface area contributed by atoms with E-state index in [2.05, 4.69) is 0 Å². The third-order valence-electron chi connectivity index (χ3n) is 5.70. The van der Waals surface area contributed by atoms with Gasteiger partial charge in [-0.15, -0.1) is 0 Å². The van der Waals surface area contributed by atoms with Crippen LogP contribution in [0.15, 0.2) is 48.5 Å². The first-order valence-electron chi connectivity index (χ1n) is 9.86. The molecule has 2 aromatic carbocycles. The zero-order chi connectivity index (χ0) is 20.4. The lowest BCUT2D eigenvalue weighted by molar-refractivity contribution is -0.122. The smallest absolute Gasteiger partial charge is 0.237 e. The molecular weight excluding hydrogens is 370 g/mol. The van der Waals surface area contributed by atoms with Crippen LogP contribution in [0.25, 0.3) is 0 Å². The van der Waals surface area contributed by atoms with Crippen LogP contribution in [0.3, 0.4) is 0 Å². The third-order valence-corrected chi connectivity index (χ3v) is 5.70. The Morgan fingerprint density at radius 1 is 0.966 bits per heavy atom. The van der Waals surface area contributed by atoms with Crippen LogP contribution in [0, 0.1) is 11.8 Å². The molecule has 4 rings (SSSR count). The summed E-state index contributed by atoms with van der Waals surface area (Å²) in [5.41, 5.74) is 1.07. The van der Waals surface area contributed by atoms with Crippen molar-refractivity contribution in [2.45, 2.75) is 25.7 Å². The molecule has 0 aromatic heterocycles. The summed E-state index contributed by atoms with van der Waals surface area (Å²) in [6.07, 6.45) is 3.59. The van der Waals surface area contributed by atoms with Crippen LogP contribution >= 0.6 is 0 Å². The number of anilines is 1. The van der Waals surface area contributed by atoms with Gasteiger partial charge in [-0.2, -0.15) is 0 Å². The van der Waals surface area contributed by atoms with Gasteiger partial charge in [-0.05, 0) is 49.2 Å². The van der Waals surface area contributed by atoms with Crippen LogP contribution in [0.2, 0.25) is 0 Å². The molecule has 0 unspecified atom stereocenters. The highest BCUT2D eigenvalue weighted by atomic mass is 16.5. The lowest BCUT2D eigenvalue weighted by atomic mass is 9.81. The third kappa shape index (κ3) is 3.75. The van der Waals surface area contributed by atoms with Crippen molar-refractivity contribution < 1.29 is 23.9 Å². The summed E-state index contributed by atoms with van der Waals surface area (Å²) >= 11 is 0. The lowest BCUT2D eigenvalue weighted by Gasteiger charge is -2.19. The van der Waals surface area contributed by atoms with Gasteiger partial charge in [-0.1, -0.05) is 25.0 Å². The number of Topliss-reactive ketones (excluding diaryl/α,β-unsaturated/α-hetero) is 1. The molecule has 29 heavy (non-hydrogen) atoms. The summed E-state index contributed by atoms with van der Waals surface area (Å²) in [5, 5.41) is 0. The second-order valence-electron chi connectivity index (χ2n) is 7.45. The fraction of sp³-hybridized carbons (Fsp3) is 0.348. The predicted molar refractivity (Wildman–Crippen MR) is 107 cm³/mol.